The number of anilines is 1. The van der Waals surface area contributed by atoms with Crippen LogP contribution >= 0.6 is 11.5 Å². The molecule has 1 aliphatic heterocycles. The number of amides is 1. The fraction of sp³-hybridized carbons (Fsp3) is 0.667. The third-order valence-electron chi connectivity index (χ3n) is 2.63. The number of rotatable bonds is 2. The second kappa shape index (κ2) is 5.24. The number of hydrogen-bond donors (Lipinski definition) is 1. The fourth-order valence-corrected chi connectivity index (χ4v) is 2.39. The molecule has 2 N–H and O–H groups in total. The van der Waals surface area contributed by atoms with E-state index in [0.29, 0.717) is 23.8 Å². The predicted molar refractivity (Wildman–Crippen MR) is 73.4 cm³/mol. The van der Waals surface area contributed by atoms with Crippen LogP contribution in [0.5, 0.6) is 5.06 Å². The molecule has 6 nitrogen and oxygen atoms in total. The number of likely N-dealkylation sites (tertiary alicyclic amines) is 1. The molecule has 1 amide bonds. The Bertz CT molecular complexity index is 455. The monoisotopic (exact) mass is 285 g/mol. The van der Waals surface area contributed by atoms with Gasteiger partial charge in [-0.1, -0.05) is 0 Å². The minimum atomic E-state index is -0.474. The zero-order chi connectivity index (χ0) is 14.0. The fourth-order valence-electron chi connectivity index (χ4n) is 1.79. The molecule has 0 bridgehead atoms. The van der Waals surface area contributed by atoms with Gasteiger partial charge >= 0.3 is 6.09 Å². The molecule has 1 atom stereocenters. The van der Waals surface area contributed by atoms with Crippen molar-refractivity contribution in [2.75, 3.05) is 18.8 Å². The lowest BCUT2D eigenvalue weighted by molar-refractivity contribution is 0.0276. The topological polar surface area (TPSA) is 77.7 Å². The minimum Gasteiger partial charge on any atom is -0.476 e. The van der Waals surface area contributed by atoms with Gasteiger partial charge in [-0.25, -0.2) is 4.79 Å². The summed E-state index contributed by atoms with van der Waals surface area (Å²) in [5.41, 5.74) is 5.78. The van der Waals surface area contributed by atoms with Crippen molar-refractivity contribution in [1.82, 2.24) is 9.27 Å². The molecule has 1 unspecified atom stereocenters. The van der Waals surface area contributed by atoms with Crippen LogP contribution in [-0.2, 0) is 4.74 Å². The van der Waals surface area contributed by atoms with Crippen LogP contribution < -0.4 is 10.5 Å². The molecule has 0 aromatic carbocycles. The molecule has 2 heterocycles. The van der Waals surface area contributed by atoms with Crippen LogP contribution in [0.1, 0.15) is 27.2 Å². The molecule has 1 fully saturated rings. The Kier molecular flexibility index (Phi) is 3.84. The zero-order valence-electron chi connectivity index (χ0n) is 11.4. The minimum absolute atomic E-state index is 0.0460. The summed E-state index contributed by atoms with van der Waals surface area (Å²) in [6, 6.07) is 0. The van der Waals surface area contributed by atoms with E-state index in [1.807, 2.05) is 20.8 Å². The third kappa shape index (κ3) is 3.73. The van der Waals surface area contributed by atoms with Gasteiger partial charge in [-0.15, -0.1) is 0 Å². The number of hydrogen-bond acceptors (Lipinski definition) is 6. The maximum atomic E-state index is 11.9. The van der Waals surface area contributed by atoms with Crippen molar-refractivity contribution in [1.29, 1.82) is 0 Å². The highest BCUT2D eigenvalue weighted by atomic mass is 32.1. The molecule has 1 aromatic heterocycles. The number of nitrogen functional groups attached to an aromatic ring is 1. The molecule has 0 saturated carbocycles. The van der Waals surface area contributed by atoms with Gasteiger partial charge in [0.25, 0.3) is 0 Å². The molecule has 7 heteroatoms. The van der Waals surface area contributed by atoms with Crippen molar-refractivity contribution in [2.24, 2.45) is 0 Å². The Morgan fingerprint density at radius 1 is 1.58 bits per heavy atom. The van der Waals surface area contributed by atoms with E-state index in [2.05, 4.69) is 4.37 Å². The molecule has 19 heavy (non-hydrogen) atoms. The number of carbonyl (C=O) groups is 1. The molecule has 0 spiro atoms. The van der Waals surface area contributed by atoms with Gasteiger partial charge in [-0.2, -0.15) is 4.37 Å². The molecule has 1 aromatic rings. The van der Waals surface area contributed by atoms with Crippen molar-refractivity contribution >= 4 is 23.3 Å². The van der Waals surface area contributed by atoms with E-state index in [1.165, 1.54) is 11.5 Å². The molecule has 0 aliphatic carbocycles. The van der Waals surface area contributed by atoms with Gasteiger partial charge in [0.05, 0.1) is 12.7 Å². The predicted octanol–water partition coefficient (Wildman–Crippen LogP) is 2.11. The molecular formula is C12H19N3O3S. The standard InChI is InChI=1S/C12H19N3O3S/c1-12(2,3)18-11(16)15-5-4-8(7-15)17-10-9(13)6-14-19-10/h6,8H,4-5,7,13H2,1-3H3. The average molecular weight is 285 g/mol. The van der Waals surface area contributed by atoms with E-state index in [4.69, 9.17) is 15.2 Å². The molecular weight excluding hydrogens is 266 g/mol. The Labute approximate surface area is 116 Å². The summed E-state index contributed by atoms with van der Waals surface area (Å²) in [6.07, 6.45) is 2.00. The van der Waals surface area contributed by atoms with Gasteiger partial charge in [0.1, 0.15) is 17.4 Å². The van der Waals surface area contributed by atoms with Crippen LogP contribution in [0, 0.1) is 0 Å². The van der Waals surface area contributed by atoms with Gasteiger partial charge in [-0.05, 0) is 20.8 Å². The summed E-state index contributed by atoms with van der Waals surface area (Å²) >= 11 is 1.22. The van der Waals surface area contributed by atoms with Crippen LogP contribution in [0.25, 0.3) is 0 Å². The number of carbonyl (C=O) groups excluding carboxylic acids is 1. The Morgan fingerprint density at radius 3 is 2.89 bits per heavy atom. The van der Waals surface area contributed by atoms with E-state index in [0.717, 1.165) is 6.42 Å². The maximum Gasteiger partial charge on any atom is 0.410 e. The second-order valence-corrected chi connectivity index (χ2v) is 6.29. The molecule has 106 valence electrons. The van der Waals surface area contributed by atoms with E-state index < -0.39 is 5.60 Å². The molecule has 0 radical (unpaired) electrons. The first-order chi connectivity index (χ1) is 8.85. The number of ether oxygens (including phenoxy) is 2. The van der Waals surface area contributed by atoms with E-state index in [-0.39, 0.29) is 12.2 Å². The molecule has 1 saturated heterocycles. The van der Waals surface area contributed by atoms with Gasteiger partial charge < -0.3 is 20.1 Å². The summed E-state index contributed by atoms with van der Waals surface area (Å²) in [6.45, 7) is 6.72. The average Bonchev–Trinajstić information content (AvgIpc) is 2.87. The summed E-state index contributed by atoms with van der Waals surface area (Å²) in [7, 11) is 0. The summed E-state index contributed by atoms with van der Waals surface area (Å²) in [4.78, 5) is 13.5. The smallest absolute Gasteiger partial charge is 0.410 e. The first kappa shape index (κ1) is 13.9. The van der Waals surface area contributed by atoms with E-state index in [9.17, 15) is 4.79 Å². The first-order valence-electron chi connectivity index (χ1n) is 6.20. The lowest BCUT2D eigenvalue weighted by atomic mass is 10.2. The molecule has 2 rings (SSSR count). The van der Waals surface area contributed by atoms with Crippen molar-refractivity contribution in [2.45, 2.75) is 38.9 Å². The SMILES string of the molecule is CC(C)(C)OC(=O)N1CCC(Oc2sncc2N)C1. The normalized spacial score (nSPS) is 19.5. The van der Waals surface area contributed by atoms with E-state index >= 15 is 0 Å². The van der Waals surface area contributed by atoms with Crippen molar-refractivity contribution < 1.29 is 14.3 Å². The van der Waals surface area contributed by atoms with Gasteiger partial charge in [0, 0.05) is 24.5 Å². The summed E-state index contributed by atoms with van der Waals surface area (Å²) in [5.74, 6) is 0. The first-order valence-corrected chi connectivity index (χ1v) is 6.97. The number of nitrogens with two attached hydrogens (primary N) is 1. The van der Waals surface area contributed by atoms with Crippen molar-refractivity contribution in [3.8, 4) is 5.06 Å². The Hall–Kier alpha value is -1.50. The Morgan fingerprint density at radius 2 is 2.32 bits per heavy atom. The lowest BCUT2D eigenvalue weighted by Gasteiger charge is -2.24. The number of aromatic nitrogens is 1. The van der Waals surface area contributed by atoms with Crippen LogP contribution in [0.15, 0.2) is 6.20 Å². The largest absolute Gasteiger partial charge is 0.476 e. The van der Waals surface area contributed by atoms with Crippen LogP contribution in [0.3, 0.4) is 0 Å². The van der Waals surface area contributed by atoms with Crippen molar-refractivity contribution in [3.05, 3.63) is 6.20 Å². The van der Waals surface area contributed by atoms with Crippen LogP contribution in [0.4, 0.5) is 10.5 Å². The van der Waals surface area contributed by atoms with Crippen molar-refractivity contribution in [3.63, 3.8) is 0 Å². The van der Waals surface area contributed by atoms with Gasteiger partial charge in [-0.3, -0.25) is 0 Å². The molecule has 1 aliphatic rings. The third-order valence-corrected chi connectivity index (χ3v) is 3.34. The summed E-state index contributed by atoms with van der Waals surface area (Å²) < 4.78 is 15.0. The summed E-state index contributed by atoms with van der Waals surface area (Å²) in [5, 5.41) is 0.621. The Balaban J connectivity index is 1.86. The number of nitrogens with zero attached hydrogens (tertiary/aromatic N) is 2. The second-order valence-electron chi connectivity index (χ2n) is 5.52. The zero-order valence-corrected chi connectivity index (χ0v) is 12.2. The highest BCUT2D eigenvalue weighted by Crippen LogP contribution is 2.28. The highest BCUT2D eigenvalue weighted by Gasteiger charge is 2.31. The van der Waals surface area contributed by atoms with Crippen LogP contribution in [0.2, 0.25) is 0 Å². The van der Waals surface area contributed by atoms with Gasteiger partial charge in [0.15, 0.2) is 0 Å². The highest BCUT2D eigenvalue weighted by molar-refractivity contribution is 7.08. The van der Waals surface area contributed by atoms with E-state index in [1.54, 1.807) is 11.1 Å². The maximum absolute atomic E-state index is 11.9. The van der Waals surface area contributed by atoms with Gasteiger partial charge in [0.2, 0.25) is 5.06 Å². The lowest BCUT2D eigenvalue weighted by Crippen LogP contribution is -2.36. The van der Waals surface area contributed by atoms with Crippen LogP contribution in [-0.4, -0.2) is 40.2 Å². The quantitative estimate of drug-likeness (QED) is 0.900.